The number of pyridine rings is 1. The van der Waals surface area contributed by atoms with Crippen LogP contribution >= 0.6 is 22.6 Å². The molecule has 5 heteroatoms. The predicted molar refractivity (Wildman–Crippen MR) is 122 cm³/mol. The van der Waals surface area contributed by atoms with Crippen molar-refractivity contribution in [1.29, 1.82) is 0 Å². The number of hydrogen-bond acceptors (Lipinski definition) is 4. The predicted octanol–water partition coefficient (Wildman–Crippen LogP) is 4.70. The number of nitrogens with zero attached hydrogens (tertiary/aromatic N) is 3. The van der Waals surface area contributed by atoms with Gasteiger partial charge in [0.15, 0.2) is 0 Å². The fourth-order valence-corrected chi connectivity index (χ4v) is 3.76. The first-order valence-corrected chi connectivity index (χ1v) is 11.0. The zero-order valence-corrected chi connectivity index (χ0v) is 18.6. The number of aromatic nitrogens is 1. The fourth-order valence-electron chi connectivity index (χ4n) is 3.29. The summed E-state index contributed by atoms with van der Waals surface area (Å²) >= 11 is 2.34. The van der Waals surface area contributed by atoms with E-state index in [9.17, 15) is 0 Å². The van der Waals surface area contributed by atoms with E-state index in [-0.39, 0.29) is 0 Å². The van der Waals surface area contributed by atoms with Crippen LogP contribution in [0.2, 0.25) is 0 Å². The third-order valence-corrected chi connectivity index (χ3v) is 5.63. The largest absolute Gasteiger partial charge is 0.384 e. The van der Waals surface area contributed by atoms with Gasteiger partial charge in [-0.3, -0.25) is 4.98 Å². The number of halogens is 1. The van der Waals surface area contributed by atoms with Gasteiger partial charge in [0.1, 0.15) is 0 Å². The van der Waals surface area contributed by atoms with Crippen LogP contribution in [0.1, 0.15) is 33.6 Å². The number of hydrogen-bond donors (Lipinski definition) is 1. The lowest BCUT2D eigenvalue weighted by atomic mass is 10.2. The van der Waals surface area contributed by atoms with E-state index in [1.54, 1.807) is 0 Å². The summed E-state index contributed by atoms with van der Waals surface area (Å²) in [6.07, 6.45) is 4.32. The molecule has 1 aromatic heterocycles. The lowest BCUT2D eigenvalue weighted by molar-refractivity contribution is 0.243. The van der Waals surface area contributed by atoms with Gasteiger partial charge in [-0.15, -0.1) is 0 Å². The molecule has 144 valence electrons. The van der Waals surface area contributed by atoms with Gasteiger partial charge in [0, 0.05) is 27.4 Å². The molecule has 0 bridgehead atoms. The molecule has 4 nitrogen and oxygen atoms in total. The number of nitrogens with one attached hydrogen (secondary N) is 1. The van der Waals surface area contributed by atoms with E-state index in [0.29, 0.717) is 0 Å². The molecule has 1 aromatic carbocycles. The van der Waals surface area contributed by atoms with Gasteiger partial charge < -0.3 is 15.1 Å². The average Bonchev–Trinajstić information content (AvgIpc) is 2.66. The van der Waals surface area contributed by atoms with Crippen LogP contribution in [-0.4, -0.2) is 60.6 Å². The van der Waals surface area contributed by atoms with Crippen molar-refractivity contribution in [3.63, 3.8) is 0 Å². The Labute approximate surface area is 172 Å². The molecule has 0 saturated carbocycles. The van der Waals surface area contributed by atoms with E-state index >= 15 is 0 Å². The lowest BCUT2D eigenvalue weighted by Crippen LogP contribution is -2.31. The summed E-state index contributed by atoms with van der Waals surface area (Å²) in [7, 11) is 0. The Morgan fingerprint density at radius 2 is 1.62 bits per heavy atom. The second-order valence-corrected chi connectivity index (χ2v) is 7.86. The second-order valence-electron chi connectivity index (χ2n) is 6.62. The first-order chi connectivity index (χ1) is 12.7. The molecule has 26 heavy (non-hydrogen) atoms. The van der Waals surface area contributed by atoms with Gasteiger partial charge in [-0.05, 0) is 99.0 Å². The quantitative estimate of drug-likeness (QED) is 0.362. The van der Waals surface area contributed by atoms with Crippen LogP contribution in [-0.2, 0) is 0 Å². The standard InChI is InChI=1S/C21H33IN4/c1-4-25(5-2)15-8-16-26(6-3)14-7-12-23-20-11-13-24-21-17-18(22)9-10-19(20)21/h9-11,13,17H,4-8,12,14-16H2,1-3H3,(H,23,24). The average molecular weight is 468 g/mol. The van der Waals surface area contributed by atoms with Gasteiger partial charge in [0.25, 0.3) is 0 Å². The minimum Gasteiger partial charge on any atom is -0.384 e. The maximum absolute atomic E-state index is 4.48. The summed E-state index contributed by atoms with van der Waals surface area (Å²) in [5.74, 6) is 0. The molecule has 0 radical (unpaired) electrons. The zero-order chi connectivity index (χ0) is 18.8. The Bertz CT molecular complexity index is 658. The maximum Gasteiger partial charge on any atom is 0.0733 e. The summed E-state index contributed by atoms with van der Waals surface area (Å²) in [5.41, 5.74) is 2.25. The third kappa shape index (κ3) is 6.67. The summed E-state index contributed by atoms with van der Waals surface area (Å²) in [4.78, 5) is 9.55. The molecule has 0 amide bonds. The van der Waals surface area contributed by atoms with E-state index in [4.69, 9.17) is 0 Å². The number of fused-ring (bicyclic) bond motifs is 1. The molecule has 0 atom stereocenters. The van der Waals surface area contributed by atoms with Gasteiger partial charge in [0.2, 0.25) is 0 Å². The van der Waals surface area contributed by atoms with Gasteiger partial charge in [-0.25, -0.2) is 0 Å². The fraction of sp³-hybridized carbons (Fsp3) is 0.571. The summed E-state index contributed by atoms with van der Waals surface area (Å²) < 4.78 is 1.23. The summed E-state index contributed by atoms with van der Waals surface area (Å²) in [6.45, 7) is 14.8. The second kappa shape index (κ2) is 11.7. The SMILES string of the molecule is CCN(CC)CCCN(CC)CCCNc1ccnc2cc(I)ccc12. The smallest absolute Gasteiger partial charge is 0.0733 e. The number of rotatable bonds is 12. The monoisotopic (exact) mass is 468 g/mol. The molecule has 0 spiro atoms. The van der Waals surface area contributed by atoms with E-state index in [1.165, 1.54) is 34.2 Å². The molecule has 1 heterocycles. The van der Waals surface area contributed by atoms with E-state index in [0.717, 1.165) is 44.7 Å². The van der Waals surface area contributed by atoms with Crippen LogP contribution in [0.25, 0.3) is 10.9 Å². The van der Waals surface area contributed by atoms with Crippen molar-refractivity contribution >= 4 is 39.2 Å². The minimum absolute atomic E-state index is 0.998. The Morgan fingerprint density at radius 1 is 0.923 bits per heavy atom. The highest BCUT2D eigenvalue weighted by atomic mass is 127. The summed E-state index contributed by atoms with van der Waals surface area (Å²) in [5, 5.41) is 4.81. The Morgan fingerprint density at radius 3 is 2.35 bits per heavy atom. The van der Waals surface area contributed by atoms with Crippen LogP contribution in [0.5, 0.6) is 0 Å². The number of anilines is 1. The highest BCUT2D eigenvalue weighted by Gasteiger charge is 2.05. The Hall–Kier alpha value is -0.920. The van der Waals surface area contributed by atoms with Crippen LogP contribution < -0.4 is 5.32 Å². The van der Waals surface area contributed by atoms with Crippen molar-refractivity contribution in [2.45, 2.75) is 33.6 Å². The third-order valence-electron chi connectivity index (χ3n) is 4.96. The molecule has 2 rings (SSSR count). The molecule has 0 aliphatic carbocycles. The van der Waals surface area contributed by atoms with E-state index in [1.807, 2.05) is 6.20 Å². The van der Waals surface area contributed by atoms with Crippen LogP contribution in [0.3, 0.4) is 0 Å². The zero-order valence-electron chi connectivity index (χ0n) is 16.5. The molecule has 0 saturated heterocycles. The summed E-state index contributed by atoms with van der Waals surface area (Å²) in [6, 6.07) is 8.52. The highest BCUT2D eigenvalue weighted by Crippen LogP contribution is 2.23. The van der Waals surface area contributed by atoms with Crippen molar-refractivity contribution in [3.8, 4) is 0 Å². The molecular formula is C21H33IN4. The topological polar surface area (TPSA) is 31.4 Å². The van der Waals surface area contributed by atoms with Crippen molar-refractivity contribution < 1.29 is 0 Å². The molecule has 0 unspecified atom stereocenters. The van der Waals surface area contributed by atoms with E-state index < -0.39 is 0 Å². The van der Waals surface area contributed by atoms with Gasteiger partial charge in [0.05, 0.1) is 5.52 Å². The van der Waals surface area contributed by atoms with Gasteiger partial charge >= 0.3 is 0 Å². The Balaban J connectivity index is 1.75. The van der Waals surface area contributed by atoms with Crippen LogP contribution in [0.4, 0.5) is 5.69 Å². The van der Waals surface area contributed by atoms with E-state index in [2.05, 4.69) is 87.7 Å². The van der Waals surface area contributed by atoms with Gasteiger partial charge in [-0.1, -0.05) is 20.8 Å². The molecule has 0 aliphatic heterocycles. The maximum atomic E-state index is 4.48. The molecule has 0 aliphatic rings. The van der Waals surface area contributed by atoms with Crippen molar-refractivity contribution in [2.24, 2.45) is 0 Å². The van der Waals surface area contributed by atoms with Gasteiger partial charge in [-0.2, -0.15) is 0 Å². The molecule has 1 N–H and O–H groups in total. The number of benzene rings is 1. The molecule has 2 aromatic rings. The van der Waals surface area contributed by atoms with Crippen molar-refractivity contribution in [2.75, 3.05) is 51.1 Å². The Kier molecular flexibility index (Phi) is 9.64. The first kappa shape index (κ1) is 21.4. The highest BCUT2D eigenvalue weighted by molar-refractivity contribution is 14.1. The normalized spacial score (nSPS) is 11.6. The first-order valence-electron chi connectivity index (χ1n) is 9.90. The van der Waals surface area contributed by atoms with Crippen LogP contribution in [0.15, 0.2) is 30.5 Å². The van der Waals surface area contributed by atoms with Crippen molar-refractivity contribution in [1.82, 2.24) is 14.8 Å². The molecule has 0 fully saturated rings. The lowest BCUT2D eigenvalue weighted by Gasteiger charge is -2.23. The molecular weight excluding hydrogens is 435 g/mol. The minimum atomic E-state index is 0.998. The van der Waals surface area contributed by atoms with Crippen LogP contribution in [0, 0.1) is 3.57 Å². The van der Waals surface area contributed by atoms with Crippen molar-refractivity contribution in [3.05, 3.63) is 34.0 Å².